The Bertz CT molecular complexity index is 899. The summed E-state index contributed by atoms with van der Waals surface area (Å²) in [5.74, 6) is -0.247. The van der Waals surface area contributed by atoms with E-state index in [2.05, 4.69) is 27.4 Å². The van der Waals surface area contributed by atoms with Crippen molar-refractivity contribution >= 4 is 16.9 Å². The van der Waals surface area contributed by atoms with Crippen molar-refractivity contribution in [2.75, 3.05) is 7.11 Å². The molecular weight excluding hydrogens is 302 g/mol. The van der Waals surface area contributed by atoms with Gasteiger partial charge >= 0.3 is 5.97 Å². The van der Waals surface area contributed by atoms with Crippen LogP contribution in [0.15, 0.2) is 42.6 Å². The maximum absolute atomic E-state index is 12.2. The Morgan fingerprint density at radius 3 is 2.83 bits per heavy atom. The van der Waals surface area contributed by atoms with Gasteiger partial charge in [-0.25, -0.2) is 0 Å². The third kappa shape index (κ3) is 2.37. The lowest BCUT2D eigenvalue weighted by Crippen LogP contribution is -2.45. The van der Waals surface area contributed by atoms with E-state index in [0.29, 0.717) is 6.42 Å². The number of para-hydroxylation sites is 1. The number of methoxy groups -OCH3 is 1. The number of aryl methyl sites for hydroxylation is 1. The minimum absolute atomic E-state index is 0.161. The monoisotopic (exact) mass is 321 g/mol. The van der Waals surface area contributed by atoms with Crippen LogP contribution in [0.25, 0.3) is 10.9 Å². The normalized spacial score (nSPS) is 19.9. The first-order valence-electron chi connectivity index (χ1n) is 8.03. The summed E-state index contributed by atoms with van der Waals surface area (Å²) in [7, 11) is 1.42. The van der Waals surface area contributed by atoms with Gasteiger partial charge in [-0.05, 0) is 30.2 Å². The van der Waals surface area contributed by atoms with Crippen molar-refractivity contribution in [1.82, 2.24) is 15.3 Å². The molecule has 1 aliphatic rings. The van der Waals surface area contributed by atoms with Crippen molar-refractivity contribution in [3.05, 3.63) is 65.1 Å². The highest BCUT2D eigenvalue weighted by Gasteiger charge is 2.34. The third-order valence-corrected chi connectivity index (χ3v) is 4.63. The molecule has 3 aromatic rings. The Hall–Kier alpha value is -2.66. The number of ether oxygens (including phenoxy) is 1. The Kier molecular flexibility index (Phi) is 3.58. The highest BCUT2D eigenvalue weighted by molar-refractivity contribution is 5.87. The molecule has 122 valence electrons. The molecule has 0 radical (unpaired) electrons. The van der Waals surface area contributed by atoms with Gasteiger partial charge in [0.25, 0.3) is 0 Å². The van der Waals surface area contributed by atoms with Crippen molar-refractivity contribution < 1.29 is 9.53 Å². The zero-order valence-corrected chi connectivity index (χ0v) is 13.7. The van der Waals surface area contributed by atoms with E-state index in [1.165, 1.54) is 7.11 Å². The number of carbonyl (C=O) groups is 1. The number of aromatic nitrogens is 2. The van der Waals surface area contributed by atoms with Gasteiger partial charge in [0.15, 0.2) is 0 Å². The Labute approximate surface area is 140 Å². The maximum atomic E-state index is 12.2. The topological polar surface area (TPSA) is 67.0 Å². The molecule has 2 atom stereocenters. The minimum Gasteiger partial charge on any atom is -0.468 e. The van der Waals surface area contributed by atoms with E-state index in [0.717, 1.165) is 33.4 Å². The van der Waals surface area contributed by atoms with E-state index in [-0.39, 0.29) is 18.1 Å². The second kappa shape index (κ2) is 5.76. The van der Waals surface area contributed by atoms with Gasteiger partial charge in [0.05, 0.1) is 18.8 Å². The number of hydrogen-bond acceptors (Lipinski definition) is 4. The summed E-state index contributed by atoms with van der Waals surface area (Å²) in [5, 5.41) is 4.54. The van der Waals surface area contributed by atoms with Crippen molar-refractivity contribution in [3.63, 3.8) is 0 Å². The average molecular weight is 321 g/mol. The van der Waals surface area contributed by atoms with E-state index >= 15 is 0 Å². The number of hydrogen-bond donors (Lipinski definition) is 2. The van der Waals surface area contributed by atoms with Crippen LogP contribution in [0.1, 0.15) is 28.6 Å². The minimum atomic E-state index is -0.380. The smallest absolute Gasteiger partial charge is 0.323 e. The fourth-order valence-electron chi connectivity index (χ4n) is 3.41. The molecule has 0 spiro atoms. The summed E-state index contributed by atoms with van der Waals surface area (Å²) >= 11 is 0. The van der Waals surface area contributed by atoms with E-state index < -0.39 is 0 Å². The highest BCUT2D eigenvalue weighted by Crippen LogP contribution is 2.34. The molecule has 2 aromatic heterocycles. The van der Waals surface area contributed by atoms with Crippen LogP contribution in [0.2, 0.25) is 0 Å². The van der Waals surface area contributed by atoms with Crippen LogP contribution >= 0.6 is 0 Å². The molecule has 5 nitrogen and oxygen atoms in total. The van der Waals surface area contributed by atoms with Crippen LogP contribution in [-0.4, -0.2) is 29.1 Å². The quantitative estimate of drug-likeness (QED) is 0.712. The molecule has 24 heavy (non-hydrogen) atoms. The average Bonchev–Trinajstić information content (AvgIpc) is 2.99. The predicted molar refractivity (Wildman–Crippen MR) is 91.8 cm³/mol. The van der Waals surface area contributed by atoms with Crippen molar-refractivity contribution in [2.45, 2.75) is 25.4 Å². The molecule has 1 aromatic carbocycles. The molecule has 2 unspecified atom stereocenters. The number of H-pyrrole nitrogens is 1. The predicted octanol–water partition coefficient (Wildman–Crippen LogP) is 2.65. The zero-order valence-electron chi connectivity index (χ0n) is 13.7. The van der Waals surface area contributed by atoms with Crippen molar-refractivity contribution in [2.24, 2.45) is 0 Å². The van der Waals surface area contributed by atoms with Crippen LogP contribution in [0.5, 0.6) is 0 Å². The largest absolute Gasteiger partial charge is 0.468 e. The van der Waals surface area contributed by atoms with Crippen LogP contribution in [-0.2, 0) is 16.0 Å². The second-order valence-electron chi connectivity index (χ2n) is 6.20. The molecule has 0 aliphatic carbocycles. The number of fused-ring (bicyclic) bond motifs is 3. The number of esters is 1. The summed E-state index contributed by atoms with van der Waals surface area (Å²) in [6.45, 7) is 2.01. The molecule has 4 rings (SSSR count). The van der Waals surface area contributed by atoms with Gasteiger partial charge in [-0.1, -0.05) is 24.3 Å². The van der Waals surface area contributed by atoms with Gasteiger partial charge in [-0.2, -0.15) is 0 Å². The van der Waals surface area contributed by atoms with Crippen LogP contribution in [0.4, 0.5) is 0 Å². The molecular formula is C19H19N3O2. The Morgan fingerprint density at radius 2 is 2.08 bits per heavy atom. The molecule has 1 aliphatic heterocycles. The lowest BCUT2D eigenvalue weighted by Gasteiger charge is -2.29. The maximum Gasteiger partial charge on any atom is 0.323 e. The van der Waals surface area contributed by atoms with E-state index in [1.54, 1.807) is 0 Å². The van der Waals surface area contributed by atoms with Crippen molar-refractivity contribution in [1.29, 1.82) is 0 Å². The summed E-state index contributed by atoms with van der Waals surface area (Å²) in [6, 6.07) is 11.7. The zero-order chi connectivity index (χ0) is 16.7. The molecule has 2 N–H and O–H groups in total. The summed E-state index contributed by atoms with van der Waals surface area (Å²) in [5.41, 5.74) is 5.31. The van der Waals surface area contributed by atoms with Gasteiger partial charge in [0, 0.05) is 29.2 Å². The van der Waals surface area contributed by atoms with E-state index in [4.69, 9.17) is 4.74 Å². The first-order chi connectivity index (χ1) is 11.7. The molecule has 0 fully saturated rings. The molecule has 0 amide bonds. The number of nitrogens with zero attached hydrogens (tertiary/aromatic N) is 1. The molecule has 0 bridgehead atoms. The van der Waals surface area contributed by atoms with Gasteiger partial charge in [0.2, 0.25) is 0 Å². The van der Waals surface area contributed by atoms with E-state index in [1.807, 2.05) is 37.4 Å². The van der Waals surface area contributed by atoms with Crippen LogP contribution in [0, 0.1) is 6.92 Å². The summed E-state index contributed by atoms with van der Waals surface area (Å²) in [6.07, 6.45) is 2.45. The SMILES string of the molecule is COC(=O)C1Cc2c([nH]c3ccccc23)C(c2ccc(C)cn2)N1. The number of carbonyl (C=O) groups excluding carboxylic acids is 1. The Morgan fingerprint density at radius 1 is 1.25 bits per heavy atom. The van der Waals surface area contributed by atoms with Gasteiger partial charge < -0.3 is 9.72 Å². The van der Waals surface area contributed by atoms with Crippen LogP contribution in [0.3, 0.4) is 0 Å². The molecule has 3 heterocycles. The van der Waals surface area contributed by atoms with Crippen LogP contribution < -0.4 is 5.32 Å². The molecule has 5 heteroatoms. The fourth-order valence-corrected chi connectivity index (χ4v) is 3.41. The van der Waals surface area contributed by atoms with E-state index in [9.17, 15) is 4.79 Å². The number of aromatic amines is 1. The third-order valence-electron chi connectivity index (χ3n) is 4.63. The lowest BCUT2D eigenvalue weighted by molar-refractivity contribution is -0.143. The van der Waals surface area contributed by atoms with Gasteiger partial charge in [-0.15, -0.1) is 0 Å². The van der Waals surface area contributed by atoms with Gasteiger partial charge in [0.1, 0.15) is 6.04 Å². The molecule has 0 saturated carbocycles. The highest BCUT2D eigenvalue weighted by atomic mass is 16.5. The lowest BCUT2D eigenvalue weighted by atomic mass is 9.92. The number of pyridine rings is 1. The number of nitrogens with one attached hydrogen (secondary N) is 2. The van der Waals surface area contributed by atoms with Gasteiger partial charge in [-0.3, -0.25) is 15.1 Å². The molecule has 0 saturated heterocycles. The fraction of sp³-hybridized carbons (Fsp3) is 0.263. The summed E-state index contributed by atoms with van der Waals surface area (Å²) in [4.78, 5) is 20.2. The first-order valence-corrected chi connectivity index (χ1v) is 8.03. The number of benzene rings is 1. The first kappa shape index (κ1) is 14.9. The standard InChI is InChI=1S/C19H19N3O2/c1-11-7-8-15(20-10-11)18-17-13(9-16(22-18)19(23)24-2)12-5-3-4-6-14(12)21-17/h3-8,10,16,18,21-22H,9H2,1-2H3. The van der Waals surface area contributed by atoms with Crippen molar-refractivity contribution in [3.8, 4) is 0 Å². The summed E-state index contributed by atoms with van der Waals surface area (Å²) < 4.78 is 4.96. The second-order valence-corrected chi connectivity index (χ2v) is 6.20. The number of rotatable bonds is 2. The Balaban J connectivity index is 1.86.